The minimum absolute atomic E-state index is 0.0153. The molecule has 0 saturated heterocycles. The number of nitrogens with zero attached hydrogens (tertiary/aromatic N) is 1. The molecule has 0 saturated carbocycles. The highest BCUT2D eigenvalue weighted by Gasteiger charge is 2.12. The summed E-state index contributed by atoms with van der Waals surface area (Å²) in [6, 6.07) is 5.82. The first-order chi connectivity index (χ1) is 11.1. The van der Waals surface area contributed by atoms with Crippen molar-refractivity contribution >= 4 is 17.2 Å². The van der Waals surface area contributed by atoms with E-state index < -0.39 is 0 Å². The van der Waals surface area contributed by atoms with Gasteiger partial charge >= 0.3 is 0 Å². The first kappa shape index (κ1) is 15.6. The SMILES string of the molecule is Cc1noc(C)c1CCC(=O)NCc1ccc(-c2ccsc2)o1. The number of nitrogens with one attached hydrogen (secondary N) is 1. The molecular formula is C17H18N2O3S. The number of thiophene rings is 1. The van der Waals surface area contributed by atoms with Crippen LogP contribution >= 0.6 is 11.3 Å². The Balaban J connectivity index is 1.49. The average molecular weight is 330 g/mol. The Hall–Kier alpha value is -2.34. The highest BCUT2D eigenvalue weighted by molar-refractivity contribution is 7.08. The van der Waals surface area contributed by atoms with E-state index in [0.29, 0.717) is 19.4 Å². The van der Waals surface area contributed by atoms with Gasteiger partial charge in [-0.1, -0.05) is 5.16 Å². The normalized spacial score (nSPS) is 10.9. The number of carbonyl (C=O) groups excluding carboxylic acids is 1. The molecule has 0 spiro atoms. The lowest BCUT2D eigenvalue weighted by Crippen LogP contribution is -2.22. The lowest BCUT2D eigenvalue weighted by atomic mass is 10.1. The molecule has 120 valence electrons. The Morgan fingerprint density at radius 1 is 1.30 bits per heavy atom. The summed E-state index contributed by atoms with van der Waals surface area (Å²) in [5.41, 5.74) is 2.92. The summed E-state index contributed by atoms with van der Waals surface area (Å²) in [7, 11) is 0. The number of carbonyl (C=O) groups is 1. The molecule has 1 amide bonds. The van der Waals surface area contributed by atoms with Gasteiger partial charge < -0.3 is 14.3 Å². The van der Waals surface area contributed by atoms with Crippen molar-refractivity contribution < 1.29 is 13.7 Å². The first-order valence-corrected chi connectivity index (χ1v) is 8.37. The molecule has 3 rings (SSSR count). The second-order valence-electron chi connectivity index (χ2n) is 5.36. The van der Waals surface area contributed by atoms with Crippen LogP contribution in [-0.4, -0.2) is 11.1 Å². The van der Waals surface area contributed by atoms with E-state index in [0.717, 1.165) is 34.1 Å². The molecule has 1 N–H and O–H groups in total. The Bertz CT molecular complexity index is 767. The summed E-state index contributed by atoms with van der Waals surface area (Å²) in [4.78, 5) is 12.0. The fourth-order valence-corrected chi connectivity index (χ4v) is 3.05. The maximum Gasteiger partial charge on any atom is 0.220 e. The molecule has 3 aromatic heterocycles. The van der Waals surface area contributed by atoms with Crippen LogP contribution < -0.4 is 5.32 Å². The molecule has 3 heterocycles. The van der Waals surface area contributed by atoms with Crippen LogP contribution in [0.5, 0.6) is 0 Å². The lowest BCUT2D eigenvalue weighted by molar-refractivity contribution is -0.121. The zero-order chi connectivity index (χ0) is 16.2. The van der Waals surface area contributed by atoms with Gasteiger partial charge in [-0.15, -0.1) is 0 Å². The van der Waals surface area contributed by atoms with Crippen molar-refractivity contribution in [3.63, 3.8) is 0 Å². The number of rotatable bonds is 6. The third-order valence-electron chi connectivity index (χ3n) is 3.71. The van der Waals surface area contributed by atoms with Crippen LogP contribution in [0.15, 0.2) is 37.9 Å². The Kier molecular flexibility index (Phi) is 4.62. The predicted octanol–water partition coefficient (Wildman–Crippen LogP) is 3.86. The zero-order valence-corrected chi connectivity index (χ0v) is 13.9. The molecule has 0 fully saturated rings. The van der Waals surface area contributed by atoms with Crippen molar-refractivity contribution in [1.29, 1.82) is 0 Å². The second kappa shape index (κ2) is 6.83. The summed E-state index contributed by atoms with van der Waals surface area (Å²) in [6.45, 7) is 4.14. The number of aromatic nitrogens is 1. The van der Waals surface area contributed by atoms with Gasteiger partial charge in [-0.3, -0.25) is 4.79 Å². The minimum Gasteiger partial charge on any atom is -0.459 e. The van der Waals surface area contributed by atoms with Crippen LogP contribution in [0.25, 0.3) is 11.3 Å². The molecule has 0 unspecified atom stereocenters. The number of hydrogen-bond acceptors (Lipinski definition) is 5. The van der Waals surface area contributed by atoms with Crippen LogP contribution in [0.4, 0.5) is 0 Å². The third-order valence-corrected chi connectivity index (χ3v) is 4.39. The molecule has 5 nitrogen and oxygen atoms in total. The highest BCUT2D eigenvalue weighted by atomic mass is 32.1. The van der Waals surface area contributed by atoms with Crippen molar-refractivity contribution in [2.75, 3.05) is 0 Å². The van der Waals surface area contributed by atoms with E-state index in [2.05, 4.69) is 10.5 Å². The Morgan fingerprint density at radius 3 is 2.87 bits per heavy atom. The smallest absolute Gasteiger partial charge is 0.220 e. The molecule has 0 aliphatic carbocycles. The first-order valence-electron chi connectivity index (χ1n) is 7.43. The van der Waals surface area contributed by atoms with E-state index in [-0.39, 0.29) is 5.91 Å². The van der Waals surface area contributed by atoms with E-state index in [1.165, 1.54) is 0 Å². The standard InChI is InChI=1S/C17H18N2O3S/c1-11-15(12(2)22-19-11)4-6-17(20)18-9-14-3-5-16(21-14)13-7-8-23-10-13/h3,5,7-8,10H,4,6,9H2,1-2H3,(H,18,20). The molecule has 3 aromatic rings. The molecular weight excluding hydrogens is 312 g/mol. The summed E-state index contributed by atoms with van der Waals surface area (Å²) in [6.07, 6.45) is 1.03. The minimum atomic E-state index is -0.0153. The summed E-state index contributed by atoms with van der Waals surface area (Å²) >= 11 is 1.63. The van der Waals surface area contributed by atoms with Gasteiger partial charge in [-0.05, 0) is 43.8 Å². The van der Waals surface area contributed by atoms with Gasteiger partial charge in [0.1, 0.15) is 17.3 Å². The van der Waals surface area contributed by atoms with Crippen molar-refractivity contribution in [3.8, 4) is 11.3 Å². The molecule has 0 aromatic carbocycles. The zero-order valence-electron chi connectivity index (χ0n) is 13.1. The summed E-state index contributed by atoms with van der Waals surface area (Å²) in [5, 5.41) is 10.8. The van der Waals surface area contributed by atoms with E-state index >= 15 is 0 Å². The molecule has 0 atom stereocenters. The van der Waals surface area contributed by atoms with Crippen molar-refractivity contribution in [2.24, 2.45) is 0 Å². The van der Waals surface area contributed by atoms with Gasteiger partial charge in [0, 0.05) is 22.9 Å². The van der Waals surface area contributed by atoms with Crippen LogP contribution in [0.3, 0.4) is 0 Å². The van der Waals surface area contributed by atoms with Crippen molar-refractivity contribution in [2.45, 2.75) is 33.2 Å². The molecule has 0 bridgehead atoms. The quantitative estimate of drug-likeness (QED) is 0.745. The largest absolute Gasteiger partial charge is 0.459 e. The van der Waals surface area contributed by atoms with Crippen molar-refractivity contribution in [1.82, 2.24) is 10.5 Å². The van der Waals surface area contributed by atoms with E-state index in [1.54, 1.807) is 11.3 Å². The number of amides is 1. The predicted molar refractivity (Wildman–Crippen MR) is 88.2 cm³/mol. The maximum absolute atomic E-state index is 12.0. The fourth-order valence-electron chi connectivity index (χ4n) is 2.40. The van der Waals surface area contributed by atoms with Gasteiger partial charge in [-0.25, -0.2) is 0 Å². The third kappa shape index (κ3) is 3.71. The van der Waals surface area contributed by atoms with E-state index in [9.17, 15) is 4.79 Å². The van der Waals surface area contributed by atoms with Crippen molar-refractivity contribution in [3.05, 3.63) is 51.7 Å². The van der Waals surface area contributed by atoms with Gasteiger partial charge in [0.15, 0.2) is 0 Å². The van der Waals surface area contributed by atoms with Gasteiger partial charge in [-0.2, -0.15) is 11.3 Å². The second-order valence-corrected chi connectivity index (χ2v) is 6.14. The maximum atomic E-state index is 12.0. The summed E-state index contributed by atoms with van der Waals surface area (Å²) in [5.74, 6) is 2.34. The number of hydrogen-bond donors (Lipinski definition) is 1. The topological polar surface area (TPSA) is 68.3 Å². The number of furan rings is 1. The molecule has 6 heteroatoms. The fraction of sp³-hybridized carbons (Fsp3) is 0.294. The molecule has 0 radical (unpaired) electrons. The van der Waals surface area contributed by atoms with Crippen LogP contribution in [0.1, 0.15) is 29.2 Å². The van der Waals surface area contributed by atoms with Crippen LogP contribution in [0, 0.1) is 13.8 Å². The molecule has 0 aliphatic rings. The molecule has 23 heavy (non-hydrogen) atoms. The van der Waals surface area contributed by atoms with Gasteiger partial charge in [0.2, 0.25) is 5.91 Å². The van der Waals surface area contributed by atoms with E-state index in [1.807, 2.05) is 42.8 Å². The van der Waals surface area contributed by atoms with Gasteiger partial charge in [0.05, 0.1) is 12.2 Å². The van der Waals surface area contributed by atoms with Gasteiger partial charge in [0.25, 0.3) is 0 Å². The van der Waals surface area contributed by atoms with E-state index in [4.69, 9.17) is 8.94 Å². The average Bonchev–Trinajstić information content (AvgIpc) is 3.25. The van der Waals surface area contributed by atoms with Crippen LogP contribution in [0.2, 0.25) is 0 Å². The Labute approximate surface area is 138 Å². The summed E-state index contributed by atoms with van der Waals surface area (Å²) < 4.78 is 10.8. The highest BCUT2D eigenvalue weighted by Crippen LogP contribution is 2.24. The van der Waals surface area contributed by atoms with Crippen LogP contribution in [-0.2, 0) is 17.8 Å². The lowest BCUT2D eigenvalue weighted by Gasteiger charge is -2.03. The monoisotopic (exact) mass is 330 g/mol. The Morgan fingerprint density at radius 2 is 2.17 bits per heavy atom. The molecule has 0 aliphatic heterocycles. The number of aryl methyl sites for hydroxylation is 2.